The highest BCUT2D eigenvalue weighted by Gasteiger charge is 2.22. The van der Waals surface area contributed by atoms with Gasteiger partial charge in [-0.05, 0) is 24.7 Å². The number of hydrogen-bond acceptors (Lipinski definition) is 3. The molecule has 3 amide bonds. The van der Waals surface area contributed by atoms with Crippen LogP contribution in [0.15, 0.2) is 0 Å². The van der Waals surface area contributed by atoms with Crippen LogP contribution in [0.4, 0.5) is 4.79 Å². The lowest BCUT2D eigenvalue weighted by atomic mass is 9.97. The fourth-order valence-electron chi connectivity index (χ4n) is 1.69. The van der Waals surface area contributed by atoms with Gasteiger partial charge in [-0.2, -0.15) is 0 Å². The van der Waals surface area contributed by atoms with Gasteiger partial charge in [-0.3, -0.25) is 4.79 Å². The van der Waals surface area contributed by atoms with E-state index in [-0.39, 0.29) is 17.9 Å². The van der Waals surface area contributed by atoms with E-state index in [1.54, 1.807) is 0 Å². The number of urea groups is 1. The summed E-state index contributed by atoms with van der Waals surface area (Å²) in [4.78, 5) is 22.5. The molecule has 0 heterocycles. The molecule has 6 N–H and O–H groups in total. The molecule has 112 valence electrons. The number of nitrogens with two attached hydrogens (primary N) is 2. The van der Waals surface area contributed by atoms with Crippen molar-refractivity contribution in [2.45, 2.75) is 52.6 Å². The molecule has 0 bridgehead atoms. The predicted molar refractivity (Wildman–Crippen MR) is 76.4 cm³/mol. The zero-order valence-electron chi connectivity index (χ0n) is 12.4. The molecule has 0 aromatic heterocycles. The van der Waals surface area contributed by atoms with Crippen LogP contribution in [0.1, 0.15) is 40.5 Å². The monoisotopic (exact) mass is 272 g/mol. The van der Waals surface area contributed by atoms with Crippen molar-refractivity contribution in [1.29, 1.82) is 0 Å². The minimum atomic E-state index is -0.521. The van der Waals surface area contributed by atoms with Crippen LogP contribution in [0, 0.1) is 11.8 Å². The topological polar surface area (TPSA) is 110 Å². The molecule has 2 atom stereocenters. The smallest absolute Gasteiger partial charge is 0.312 e. The zero-order valence-corrected chi connectivity index (χ0v) is 12.4. The van der Waals surface area contributed by atoms with Crippen LogP contribution < -0.4 is 22.1 Å². The first-order valence-corrected chi connectivity index (χ1v) is 6.85. The Balaban J connectivity index is 4.19. The molecule has 1 unspecified atom stereocenters. The third-order valence-corrected chi connectivity index (χ3v) is 3.14. The van der Waals surface area contributed by atoms with Crippen LogP contribution in [0.5, 0.6) is 0 Å². The second-order valence-corrected chi connectivity index (χ2v) is 5.56. The fraction of sp³-hybridized carbons (Fsp3) is 0.846. The molecule has 0 fully saturated rings. The Kier molecular flexibility index (Phi) is 8.14. The van der Waals surface area contributed by atoms with E-state index in [9.17, 15) is 9.59 Å². The Morgan fingerprint density at radius 3 is 2.11 bits per heavy atom. The first kappa shape index (κ1) is 17.7. The molecular weight excluding hydrogens is 244 g/mol. The molecule has 0 saturated carbocycles. The van der Waals surface area contributed by atoms with Gasteiger partial charge < -0.3 is 22.1 Å². The van der Waals surface area contributed by atoms with Crippen molar-refractivity contribution in [3.8, 4) is 0 Å². The Hall–Kier alpha value is -1.30. The molecule has 0 rings (SSSR count). The van der Waals surface area contributed by atoms with Gasteiger partial charge >= 0.3 is 6.03 Å². The lowest BCUT2D eigenvalue weighted by Gasteiger charge is -2.25. The van der Waals surface area contributed by atoms with Crippen molar-refractivity contribution in [3.05, 3.63) is 0 Å². The number of rotatable bonds is 8. The summed E-state index contributed by atoms with van der Waals surface area (Å²) in [6.07, 6.45) is 1.55. The van der Waals surface area contributed by atoms with E-state index in [1.807, 2.05) is 27.7 Å². The van der Waals surface area contributed by atoms with Crippen LogP contribution in [0.25, 0.3) is 0 Å². The predicted octanol–water partition coefficient (Wildman–Crippen LogP) is 0.559. The molecule has 19 heavy (non-hydrogen) atoms. The van der Waals surface area contributed by atoms with E-state index in [0.29, 0.717) is 12.5 Å². The molecule has 0 aromatic carbocycles. The van der Waals surface area contributed by atoms with Gasteiger partial charge in [0.1, 0.15) is 0 Å². The van der Waals surface area contributed by atoms with Crippen molar-refractivity contribution < 1.29 is 9.59 Å². The highest BCUT2D eigenvalue weighted by atomic mass is 16.2. The summed E-state index contributed by atoms with van der Waals surface area (Å²) in [5, 5.41) is 5.51. The van der Waals surface area contributed by atoms with Gasteiger partial charge in [0.15, 0.2) is 0 Å². The minimum Gasteiger partial charge on any atom is -0.352 e. The Morgan fingerprint density at radius 2 is 1.68 bits per heavy atom. The number of carbonyl (C=O) groups is 2. The lowest BCUT2D eigenvalue weighted by molar-refractivity contribution is -0.124. The van der Waals surface area contributed by atoms with E-state index in [0.717, 1.165) is 12.8 Å². The van der Waals surface area contributed by atoms with Crippen LogP contribution >= 0.6 is 0 Å². The molecule has 0 radical (unpaired) electrons. The summed E-state index contributed by atoms with van der Waals surface area (Å²) in [5.41, 5.74) is 10.8. The van der Waals surface area contributed by atoms with Crippen LogP contribution in [-0.4, -0.2) is 30.6 Å². The molecule has 0 aliphatic carbocycles. The first-order valence-electron chi connectivity index (χ1n) is 6.85. The van der Waals surface area contributed by atoms with Crippen molar-refractivity contribution in [3.63, 3.8) is 0 Å². The number of nitrogens with one attached hydrogen (secondary N) is 2. The molecule has 0 aliphatic rings. The SMILES string of the molecule is CC(C)C(N)C(=O)N[C@@H](CCCNC(N)=O)C(C)C. The number of amides is 3. The van der Waals surface area contributed by atoms with Gasteiger partial charge in [0, 0.05) is 12.6 Å². The van der Waals surface area contributed by atoms with E-state index >= 15 is 0 Å². The highest BCUT2D eigenvalue weighted by Crippen LogP contribution is 2.09. The summed E-state index contributed by atoms with van der Waals surface area (Å²) in [5.74, 6) is 0.317. The third kappa shape index (κ3) is 7.66. The summed E-state index contributed by atoms with van der Waals surface area (Å²) in [6, 6.07) is -0.941. The van der Waals surface area contributed by atoms with Crippen molar-refractivity contribution >= 4 is 11.9 Å². The van der Waals surface area contributed by atoms with Gasteiger partial charge in [-0.1, -0.05) is 27.7 Å². The standard InChI is InChI=1S/C13H28N4O2/c1-8(2)10(6-5-7-16-13(15)19)17-12(18)11(14)9(3)4/h8-11H,5-7,14H2,1-4H3,(H,17,18)(H3,15,16,19)/t10-,11?/m0/s1. The van der Waals surface area contributed by atoms with Gasteiger partial charge in [-0.15, -0.1) is 0 Å². The quantitative estimate of drug-likeness (QED) is 0.484. The summed E-state index contributed by atoms with van der Waals surface area (Å²) < 4.78 is 0. The maximum absolute atomic E-state index is 11.9. The molecule has 6 heteroatoms. The largest absolute Gasteiger partial charge is 0.352 e. The zero-order chi connectivity index (χ0) is 15.0. The summed E-state index contributed by atoms with van der Waals surface area (Å²) in [7, 11) is 0. The van der Waals surface area contributed by atoms with Gasteiger partial charge in [-0.25, -0.2) is 4.79 Å². The summed E-state index contributed by atoms with van der Waals surface area (Å²) >= 11 is 0. The number of hydrogen-bond donors (Lipinski definition) is 4. The maximum Gasteiger partial charge on any atom is 0.312 e. The minimum absolute atomic E-state index is 0.0620. The molecule has 0 saturated heterocycles. The van der Waals surface area contributed by atoms with Crippen molar-refractivity contribution in [1.82, 2.24) is 10.6 Å². The Morgan fingerprint density at radius 1 is 1.11 bits per heavy atom. The Bertz CT molecular complexity index is 292. The van der Waals surface area contributed by atoms with Gasteiger partial charge in [0.05, 0.1) is 6.04 Å². The highest BCUT2D eigenvalue weighted by molar-refractivity contribution is 5.82. The lowest BCUT2D eigenvalue weighted by Crippen LogP contribution is -2.49. The summed E-state index contributed by atoms with van der Waals surface area (Å²) in [6.45, 7) is 8.46. The average molecular weight is 272 g/mol. The second kappa shape index (κ2) is 8.74. The van der Waals surface area contributed by atoms with E-state index in [4.69, 9.17) is 11.5 Å². The fourth-order valence-corrected chi connectivity index (χ4v) is 1.69. The van der Waals surface area contributed by atoms with Crippen LogP contribution in [0.3, 0.4) is 0 Å². The maximum atomic E-state index is 11.9. The molecule has 0 aliphatic heterocycles. The first-order chi connectivity index (χ1) is 8.75. The molecular formula is C13H28N4O2. The van der Waals surface area contributed by atoms with Gasteiger partial charge in [0.25, 0.3) is 0 Å². The molecule has 6 nitrogen and oxygen atoms in total. The van der Waals surface area contributed by atoms with E-state index in [2.05, 4.69) is 10.6 Å². The average Bonchev–Trinajstić information content (AvgIpc) is 2.30. The van der Waals surface area contributed by atoms with Crippen LogP contribution in [0.2, 0.25) is 0 Å². The van der Waals surface area contributed by atoms with E-state index in [1.165, 1.54) is 0 Å². The van der Waals surface area contributed by atoms with Crippen LogP contribution in [-0.2, 0) is 4.79 Å². The normalized spacial score (nSPS) is 14.3. The van der Waals surface area contributed by atoms with E-state index < -0.39 is 12.1 Å². The molecule has 0 aromatic rings. The van der Waals surface area contributed by atoms with Crippen molar-refractivity contribution in [2.75, 3.05) is 6.54 Å². The van der Waals surface area contributed by atoms with Crippen molar-refractivity contribution in [2.24, 2.45) is 23.3 Å². The third-order valence-electron chi connectivity index (χ3n) is 3.14. The Labute approximate surface area is 115 Å². The molecule has 0 spiro atoms. The van der Waals surface area contributed by atoms with Gasteiger partial charge in [0.2, 0.25) is 5.91 Å². The number of carbonyl (C=O) groups excluding carboxylic acids is 2. The number of primary amides is 1. The second-order valence-electron chi connectivity index (χ2n) is 5.56.